The molecule has 7 nitrogen and oxygen atoms in total. The van der Waals surface area contributed by atoms with Crippen molar-refractivity contribution in [3.8, 4) is 23.4 Å². The number of benzene rings is 1. The molecule has 0 radical (unpaired) electrons. The van der Waals surface area contributed by atoms with Gasteiger partial charge in [0.2, 0.25) is 0 Å². The van der Waals surface area contributed by atoms with E-state index in [1.165, 1.54) is 30.5 Å². The SMILES string of the molecule is N#Cc1cnc(Oc2cccc(O)c2)c([N+](=O)[O-])c1. The molecule has 0 spiro atoms. The van der Waals surface area contributed by atoms with Crippen LogP contribution >= 0.6 is 0 Å². The van der Waals surface area contributed by atoms with Crippen LogP contribution in [0.25, 0.3) is 0 Å². The van der Waals surface area contributed by atoms with E-state index < -0.39 is 10.6 Å². The van der Waals surface area contributed by atoms with E-state index in [0.717, 1.165) is 6.07 Å². The molecule has 19 heavy (non-hydrogen) atoms. The molecular formula is C12H7N3O4. The molecule has 0 saturated heterocycles. The summed E-state index contributed by atoms with van der Waals surface area (Å²) >= 11 is 0. The Bertz CT molecular complexity index is 679. The molecule has 0 amide bonds. The summed E-state index contributed by atoms with van der Waals surface area (Å²) in [5.41, 5.74) is -0.350. The molecule has 2 rings (SSSR count). The van der Waals surface area contributed by atoms with Gasteiger partial charge in [-0.05, 0) is 12.1 Å². The summed E-state index contributed by atoms with van der Waals surface area (Å²) in [7, 11) is 0. The van der Waals surface area contributed by atoms with Gasteiger partial charge in [-0.3, -0.25) is 10.1 Å². The van der Waals surface area contributed by atoms with Crippen molar-refractivity contribution in [1.82, 2.24) is 4.98 Å². The molecule has 0 aliphatic carbocycles. The zero-order valence-electron chi connectivity index (χ0n) is 9.48. The highest BCUT2D eigenvalue weighted by atomic mass is 16.6. The molecule has 0 aliphatic heterocycles. The van der Waals surface area contributed by atoms with Gasteiger partial charge >= 0.3 is 5.69 Å². The van der Waals surface area contributed by atoms with Crippen LogP contribution in [0.3, 0.4) is 0 Å². The summed E-state index contributed by atoms with van der Waals surface area (Å²) < 4.78 is 5.23. The molecule has 0 bridgehead atoms. The number of pyridine rings is 1. The van der Waals surface area contributed by atoms with Crippen LogP contribution < -0.4 is 4.74 Å². The quantitative estimate of drug-likeness (QED) is 0.667. The van der Waals surface area contributed by atoms with Gasteiger partial charge in [-0.1, -0.05) is 6.07 Å². The second-order valence-corrected chi connectivity index (χ2v) is 3.52. The lowest BCUT2D eigenvalue weighted by molar-refractivity contribution is -0.386. The Morgan fingerprint density at radius 2 is 2.21 bits per heavy atom. The van der Waals surface area contributed by atoms with Crippen molar-refractivity contribution in [3.05, 3.63) is 52.2 Å². The van der Waals surface area contributed by atoms with Crippen LogP contribution in [0.15, 0.2) is 36.5 Å². The third-order valence-electron chi connectivity index (χ3n) is 2.19. The minimum Gasteiger partial charge on any atom is -0.508 e. The van der Waals surface area contributed by atoms with E-state index in [-0.39, 0.29) is 22.9 Å². The van der Waals surface area contributed by atoms with E-state index in [0.29, 0.717) is 0 Å². The minimum absolute atomic E-state index is 0.0335. The molecular weight excluding hydrogens is 250 g/mol. The minimum atomic E-state index is -0.689. The maximum atomic E-state index is 10.9. The van der Waals surface area contributed by atoms with Gasteiger partial charge in [0.1, 0.15) is 17.6 Å². The number of hydrogen-bond acceptors (Lipinski definition) is 6. The Kier molecular flexibility index (Phi) is 3.25. The second-order valence-electron chi connectivity index (χ2n) is 3.52. The van der Waals surface area contributed by atoms with E-state index in [1.807, 2.05) is 0 Å². The number of phenols is 1. The predicted molar refractivity (Wildman–Crippen MR) is 63.8 cm³/mol. The van der Waals surface area contributed by atoms with Gasteiger partial charge in [-0.2, -0.15) is 5.26 Å². The highest BCUT2D eigenvalue weighted by molar-refractivity contribution is 5.48. The van der Waals surface area contributed by atoms with Crippen LogP contribution in [0.4, 0.5) is 5.69 Å². The summed E-state index contributed by atoms with van der Waals surface area (Å²) in [5.74, 6) is -0.0660. The average Bonchev–Trinajstić information content (AvgIpc) is 2.39. The molecule has 1 aromatic heterocycles. The Balaban J connectivity index is 2.40. The van der Waals surface area contributed by atoms with E-state index >= 15 is 0 Å². The lowest BCUT2D eigenvalue weighted by atomic mass is 10.3. The Hall–Kier alpha value is -3.14. The van der Waals surface area contributed by atoms with Crippen molar-refractivity contribution in [1.29, 1.82) is 5.26 Å². The fraction of sp³-hybridized carbons (Fsp3) is 0. The van der Waals surface area contributed by atoms with E-state index in [1.54, 1.807) is 6.07 Å². The average molecular weight is 257 g/mol. The van der Waals surface area contributed by atoms with Crippen LogP contribution in [0.1, 0.15) is 5.56 Å². The van der Waals surface area contributed by atoms with Crippen molar-refractivity contribution in [2.24, 2.45) is 0 Å². The smallest absolute Gasteiger partial charge is 0.332 e. The maximum Gasteiger partial charge on any atom is 0.332 e. The second kappa shape index (κ2) is 5.01. The van der Waals surface area contributed by atoms with Gasteiger partial charge in [0.15, 0.2) is 0 Å². The number of aromatic hydroxyl groups is 1. The van der Waals surface area contributed by atoms with Gasteiger partial charge in [0.05, 0.1) is 10.5 Å². The number of nitro groups is 1. The summed E-state index contributed by atoms with van der Waals surface area (Å²) in [5, 5.41) is 28.8. The number of ether oxygens (including phenoxy) is 1. The standard InChI is InChI=1S/C12H7N3O4/c13-6-8-4-11(15(17)18)12(14-7-8)19-10-3-1-2-9(16)5-10/h1-5,7,16H. The van der Waals surface area contributed by atoms with Gasteiger partial charge in [0.25, 0.3) is 5.88 Å². The number of hydrogen-bond donors (Lipinski definition) is 1. The topological polar surface area (TPSA) is 109 Å². The molecule has 1 heterocycles. The summed E-state index contributed by atoms with van der Waals surface area (Å²) in [6.07, 6.45) is 1.17. The third-order valence-corrected chi connectivity index (χ3v) is 2.19. The molecule has 2 aromatic rings. The lowest BCUT2D eigenvalue weighted by Gasteiger charge is -2.05. The van der Waals surface area contributed by atoms with E-state index in [9.17, 15) is 15.2 Å². The first kappa shape index (κ1) is 12.3. The fourth-order valence-corrected chi connectivity index (χ4v) is 1.37. The molecule has 0 atom stereocenters. The monoisotopic (exact) mass is 257 g/mol. The summed E-state index contributed by atoms with van der Waals surface area (Å²) in [4.78, 5) is 13.9. The van der Waals surface area contributed by atoms with Crippen molar-refractivity contribution >= 4 is 5.69 Å². The first-order chi connectivity index (χ1) is 9.10. The van der Waals surface area contributed by atoms with Gasteiger partial charge in [-0.25, -0.2) is 4.98 Å². The lowest BCUT2D eigenvalue weighted by Crippen LogP contribution is -1.96. The molecule has 0 saturated carbocycles. The van der Waals surface area contributed by atoms with Crippen LogP contribution in [0.2, 0.25) is 0 Å². The molecule has 1 N–H and O–H groups in total. The van der Waals surface area contributed by atoms with Crippen LogP contribution in [-0.4, -0.2) is 15.0 Å². The molecule has 7 heteroatoms. The highest BCUT2D eigenvalue weighted by Gasteiger charge is 2.18. The number of nitriles is 1. The Labute approximate surface area is 107 Å². The number of rotatable bonds is 3. The first-order valence-electron chi connectivity index (χ1n) is 5.11. The van der Waals surface area contributed by atoms with Crippen molar-refractivity contribution in [2.45, 2.75) is 0 Å². The Morgan fingerprint density at radius 1 is 1.42 bits per heavy atom. The van der Waals surface area contributed by atoms with Crippen LogP contribution in [0, 0.1) is 21.4 Å². The largest absolute Gasteiger partial charge is 0.508 e. The maximum absolute atomic E-state index is 10.9. The van der Waals surface area contributed by atoms with Crippen molar-refractivity contribution in [3.63, 3.8) is 0 Å². The molecule has 1 aromatic carbocycles. The zero-order valence-corrected chi connectivity index (χ0v) is 9.48. The summed E-state index contributed by atoms with van der Waals surface area (Å²) in [6.45, 7) is 0. The van der Waals surface area contributed by atoms with Crippen LogP contribution in [-0.2, 0) is 0 Å². The van der Waals surface area contributed by atoms with Gasteiger partial charge in [0, 0.05) is 18.3 Å². The van der Waals surface area contributed by atoms with Gasteiger partial charge < -0.3 is 9.84 Å². The first-order valence-corrected chi connectivity index (χ1v) is 5.11. The predicted octanol–water partition coefficient (Wildman–Crippen LogP) is 2.36. The van der Waals surface area contributed by atoms with Crippen molar-refractivity contribution in [2.75, 3.05) is 0 Å². The number of nitrogens with zero attached hydrogens (tertiary/aromatic N) is 3. The summed E-state index contributed by atoms with van der Waals surface area (Å²) in [6, 6.07) is 8.61. The van der Waals surface area contributed by atoms with Gasteiger partial charge in [-0.15, -0.1) is 0 Å². The molecule has 0 unspecified atom stereocenters. The normalized spacial score (nSPS) is 9.63. The molecule has 0 fully saturated rings. The molecule has 94 valence electrons. The number of phenolic OH excluding ortho intramolecular Hbond substituents is 1. The zero-order chi connectivity index (χ0) is 13.8. The van der Waals surface area contributed by atoms with E-state index in [2.05, 4.69) is 4.98 Å². The third kappa shape index (κ3) is 2.76. The van der Waals surface area contributed by atoms with Crippen molar-refractivity contribution < 1.29 is 14.8 Å². The van der Waals surface area contributed by atoms with E-state index in [4.69, 9.17) is 10.00 Å². The fourth-order valence-electron chi connectivity index (χ4n) is 1.37. The number of aromatic nitrogens is 1. The van der Waals surface area contributed by atoms with Crippen LogP contribution in [0.5, 0.6) is 17.4 Å². The Morgan fingerprint density at radius 3 is 2.84 bits per heavy atom. The molecule has 0 aliphatic rings. The highest BCUT2D eigenvalue weighted by Crippen LogP contribution is 2.30.